The minimum atomic E-state index is 0.904. The summed E-state index contributed by atoms with van der Waals surface area (Å²) in [7, 11) is 0. The molecule has 1 fully saturated rings. The van der Waals surface area contributed by atoms with Gasteiger partial charge in [0.2, 0.25) is 0 Å². The van der Waals surface area contributed by atoms with Gasteiger partial charge in [-0.05, 0) is 37.5 Å². The summed E-state index contributed by atoms with van der Waals surface area (Å²) in [6.45, 7) is 11.3. The van der Waals surface area contributed by atoms with Crippen molar-refractivity contribution in [2.24, 2.45) is 17.8 Å². The second-order valence-corrected chi connectivity index (χ2v) is 6.23. The minimum absolute atomic E-state index is 0.904. The van der Waals surface area contributed by atoms with Crippen LogP contribution in [-0.4, -0.2) is 0 Å². The molecule has 0 saturated heterocycles. The van der Waals surface area contributed by atoms with E-state index in [0.717, 1.165) is 17.8 Å². The molecule has 1 saturated carbocycles. The average molecular weight is 252 g/mol. The first-order valence-corrected chi connectivity index (χ1v) is 8.26. The van der Waals surface area contributed by atoms with Crippen LogP contribution in [-0.2, 0) is 0 Å². The Kier molecular flexibility index (Phi) is 11.6. The molecule has 0 heterocycles. The van der Waals surface area contributed by atoms with E-state index in [1.54, 1.807) is 0 Å². The summed E-state index contributed by atoms with van der Waals surface area (Å²) in [4.78, 5) is 0. The highest BCUT2D eigenvalue weighted by Gasteiger charge is 2.14. The van der Waals surface area contributed by atoms with Gasteiger partial charge in [0.15, 0.2) is 0 Å². The summed E-state index contributed by atoms with van der Waals surface area (Å²) in [5.74, 6) is 2.85. The van der Waals surface area contributed by atoms with Crippen molar-refractivity contribution in [2.75, 3.05) is 0 Å². The number of rotatable bonds is 5. The lowest BCUT2D eigenvalue weighted by molar-refractivity contribution is 0.330. The largest absolute Gasteiger partial charge is 0.0914 e. The van der Waals surface area contributed by atoms with E-state index in [9.17, 15) is 0 Å². The zero-order valence-electron chi connectivity index (χ0n) is 13.5. The van der Waals surface area contributed by atoms with E-state index in [4.69, 9.17) is 0 Å². The lowest BCUT2D eigenvalue weighted by atomic mass is 9.83. The standard InChI is InChI=1S/C10H18.C8H18/c1-3-4-10-7-5-9(2)6-8-10;1-4-6-8(3)7-5-2/h3-4,9-10H,5-8H2,1-2H3;8H,4-7H2,1-3H3. The molecule has 0 spiro atoms. The molecular weight excluding hydrogens is 216 g/mol. The van der Waals surface area contributed by atoms with Crippen molar-refractivity contribution in [3.05, 3.63) is 12.2 Å². The molecule has 0 aromatic rings. The van der Waals surface area contributed by atoms with Gasteiger partial charge in [-0.1, -0.05) is 78.4 Å². The van der Waals surface area contributed by atoms with Crippen LogP contribution >= 0.6 is 0 Å². The van der Waals surface area contributed by atoms with Gasteiger partial charge in [0.1, 0.15) is 0 Å². The number of hydrogen-bond acceptors (Lipinski definition) is 0. The molecule has 0 heteroatoms. The second kappa shape index (κ2) is 11.8. The van der Waals surface area contributed by atoms with Gasteiger partial charge in [0, 0.05) is 0 Å². The van der Waals surface area contributed by atoms with Crippen molar-refractivity contribution in [2.45, 2.75) is 86.0 Å². The second-order valence-electron chi connectivity index (χ2n) is 6.23. The molecule has 0 aromatic carbocycles. The molecular formula is C18H36. The third kappa shape index (κ3) is 9.74. The van der Waals surface area contributed by atoms with Crippen LogP contribution in [0.1, 0.15) is 86.0 Å². The van der Waals surface area contributed by atoms with E-state index in [1.165, 1.54) is 51.4 Å². The molecule has 1 aliphatic rings. The van der Waals surface area contributed by atoms with Crippen molar-refractivity contribution >= 4 is 0 Å². The zero-order chi connectivity index (χ0) is 13.8. The van der Waals surface area contributed by atoms with Crippen molar-refractivity contribution < 1.29 is 0 Å². The van der Waals surface area contributed by atoms with Gasteiger partial charge >= 0.3 is 0 Å². The fraction of sp³-hybridized carbons (Fsp3) is 0.889. The first-order chi connectivity index (χ1) is 8.63. The molecule has 18 heavy (non-hydrogen) atoms. The Balaban J connectivity index is 0.000000331. The van der Waals surface area contributed by atoms with Gasteiger partial charge in [0.05, 0.1) is 0 Å². The van der Waals surface area contributed by atoms with Gasteiger partial charge in [-0.3, -0.25) is 0 Å². The quantitative estimate of drug-likeness (QED) is 0.483. The Morgan fingerprint density at radius 1 is 1.00 bits per heavy atom. The van der Waals surface area contributed by atoms with Crippen molar-refractivity contribution in [1.82, 2.24) is 0 Å². The molecule has 1 rings (SSSR count). The molecule has 0 nitrogen and oxygen atoms in total. The summed E-state index contributed by atoms with van der Waals surface area (Å²) in [6, 6.07) is 0. The molecule has 0 unspecified atom stereocenters. The summed E-state index contributed by atoms with van der Waals surface area (Å²) in [5.41, 5.74) is 0. The molecule has 0 aromatic heterocycles. The maximum absolute atomic E-state index is 2.37. The van der Waals surface area contributed by atoms with E-state index < -0.39 is 0 Å². The van der Waals surface area contributed by atoms with Crippen LogP contribution in [0.15, 0.2) is 12.2 Å². The molecule has 108 valence electrons. The van der Waals surface area contributed by atoms with Gasteiger partial charge < -0.3 is 0 Å². The molecule has 0 aliphatic heterocycles. The summed E-state index contributed by atoms with van der Waals surface area (Å²) in [5, 5.41) is 0. The molecule has 1 aliphatic carbocycles. The lowest BCUT2D eigenvalue weighted by Crippen LogP contribution is -2.09. The zero-order valence-corrected chi connectivity index (χ0v) is 13.5. The van der Waals surface area contributed by atoms with Crippen LogP contribution in [0.3, 0.4) is 0 Å². The normalized spacial score (nSPS) is 24.1. The van der Waals surface area contributed by atoms with Crippen molar-refractivity contribution in [3.63, 3.8) is 0 Å². The Hall–Kier alpha value is -0.260. The Bertz CT molecular complexity index is 178. The maximum Gasteiger partial charge on any atom is -0.0233 e. The predicted molar refractivity (Wildman–Crippen MR) is 84.9 cm³/mol. The monoisotopic (exact) mass is 252 g/mol. The van der Waals surface area contributed by atoms with Crippen LogP contribution in [0.2, 0.25) is 0 Å². The average Bonchev–Trinajstić information content (AvgIpc) is 2.34. The highest BCUT2D eigenvalue weighted by molar-refractivity contribution is 4.88. The Morgan fingerprint density at radius 3 is 1.89 bits per heavy atom. The molecule has 0 radical (unpaired) electrons. The van der Waals surface area contributed by atoms with Crippen LogP contribution < -0.4 is 0 Å². The third-order valence-corrected chi connectivity index (χ3v) is 4.09. The van der Waals surface area contributed by atoms with Crippen LogP contribution in [0.25, 0.3) is 0 Å². The fourth-order valence-electron chi connectivity index (χ4n) is 2.88. The van der Waals surface area contributed by atoms with E-state index in [0.29, 0.717) is 0 Å². The summed E-state index contributed by atoms with van der Waals surface area (Å²) in [6.07, 6.45) is 15.8. The maximum atomic E-state index is 2.37. The highest BCUT2D eigenvalue weighted by Crippen LogP contribution is 2.28. The summed E-state index contributed by atoms with van der Waals surface area (Å²) >= 11 is 0. The summed E-state index contributed by atoms with van der Waals surface area (Å²) < 4.78 is 0. The first-order valence-electron chi connectivity index (χ1n) is 8.26. The van der Waals surface area contributed by atoms with Gasteiger partial charge in [-0.15, -0.1) is 0 Å². The van der Waals surface area contributed by atoms with Crippen LogP contribution in [0.5, 0.6) is 0 Å². The van der Waals surface area contributed by atoms with E-state index in [1.807, 2.05) is 0 Å². The molecule has 0 N–H and O–H groups in total. The van der Waals surface area contributed by atoms with Gasteiger partial charge in [-0.25, -0.2) is 0 Å². The van der Waals surface area contributed by atoms with Crippen molar-refractivity contribution in [1.29, 1.82) is 0 Å². The van der Waals surface area contributed by atoms with Crippen LogP contribution in [0.4, 0.5) is 0 Å². The van der Waals surface area contributed by atoms with Crippen LogP contribution in [0, 0.1) is 17.8 Å². The topological polar surface area (TPSA) is 0 Å². The molecule has 0 amide bonds. The minimum Gasteiger partial charge on any atom is -0.0914 e. The van der Waals surface area contributed by atoms with Gasteiger partial charge in [-0.2, -0.15) is 0 Å². The highest BCUT2D eigenvalue weighted by atomic mass is 14.2. The number of hydrogen-bond donors (Lipinski definition) is 0. The Morgan fingerprint density at radius 2 is 1.50 bits per heavy atom. The molecule has 0 bridgehead atoms. The smallest absolute Gasteiger partial charge is 0.0233 e. The molecule has 0 atom stereocenters. The Labute approximate surface area is 116 Å². The van der Waals surface area contributed by atoms with E-state index >= 15 is 0 Å². The lowest BCUT2D eigenvalue weighted by Gasteiger charge is -2.23. The van der Waals surface area contributed by atoms with E-state index in [2.05, 4.69) is 46.8 Å². The van der Waals surface area contributed by atoms with Gasteiger partial charge in [0.25, 0.3) is 0 Å². The fourth-order valence-corrected chi connectivity index (χ4v) is 2.88. The number of allylic oxidation sites excluding steroid dienone is 2. The first kappa shape index (κ1) is 17.7. The van der Waals surface area contributed by atoms with E-state index in [-0.39, 0.29) is 0 Å². The predicted octanol–water partition coefficient (Wildman–Crippen LogP) is 6.61. The van der Waals surface area contributed by atoms with Crippen molar-refractivity contribution in [3.8, 4) is 0 Å². The third-order valence-electron chi connectivity index (χ3n) is 4.09. The SMILES string of the molecule is CC=CC1CCC(C)CC1.CCCC(C)CCC.